The number of H-pyrrole nitrogens is 1. The molecule has 2 aromatic heterocycles. The number of anilines is 1. The minimum absolute atomic E-state index is 0.0380. The van der Waals surface area contributed by atoms with Crippen LogP contribution >= 0.6 is 15.9 Å². The van der Waals surface area contributed by atoms with Gasteiger partial charge in [0, 0.05) is 6.42 Å². The number of nitrogens with zero attached hydrogens (tertiary/aromatic N) is 3. The van der Waals surface area contributed by atoms with Gasteiger partial charge >= 0.3 is 0 Å². The second-order valence-corrected chi connectivity index (χ2v) is 22.5. The molecule has 3 heterocycles. The quantitative estimate of drug-likeness (QED) is 0.361. The van der Waals surface area contributed by atoms with Crippen LogP contribution in [0.3, 0.4) is 0 Å². The number of aromatic amines is 1. The molecule has 0 bridgehead atoms. The molecule has 1 saturated heterocycles. The number of halogens is 1. The Morgan fingerprint density at radius 2 is 1.71 bits per heavy atom. The van der Waals surface area contributed by atoms with Gasteiger partial charge in [0.15, 0.2) is 32.5 Å². The standard InChI is InChI=1S/C22H40BrN5O4Si2/c1-21(2,3)33(7,8)30-12-14-13(32-34(9,10)22(4,5)6)11-15(31-14)28-17-16(25-19(28)23)18(29)27-20(24)26-17/h13-15H,11-12H2,1-10H3,(H3,24,26,27,29)/t13-,14+,15+/m0/s1. The summed E-state index contributed by atoms with van der Waals surface area (Å²) in [6, 6.07) is 0. The molecule has 192 valence electrons. The third-order valence-electron chi connectivity index (χ3n) is 7.66. The fraction of sp³-hybridized carbons (Fsp3) is 0.773. The topological polar surface area (TPSA) is 117 Å². The molecule has 2 aromatic rings. The highest BCUT2D eigenvalue weighted by atomic mass is 79.9. The Morgan fingerprint density at radius 3 is 2.26 bits per heavy atom. The van der Waals surface area contributed by atoms with Crippen molar-refractivity contribution in [2.45, 2.75) is 103 Å². The lowest BCUT2D eigenvalue weighted by molar-refractivity contribution is -0.0391. The van der Waals surface area contributed by atoms with Crippen LogP contribution in [-0.4, -0.2) is 55.0 Å². The number of rotatable bonds is 6. The highest BCUT2D eigenvalue weighted by Crippen LogP contribution is 2.43. The van der Waals surface area contributed by atoms with Crippen molar-refractivity contribution in [1.82, 2.24) is 19.5 Å². The van der Waals surface area contributed by atoms with E-state index in [1.54, 1.807) is 4.57 Å². The highest BCUT2D eigenvalue weighted by molar-refractivity contribution is 9.10. The van der Waals surface area contributed by atoms with E-state index in [1.165, 1.54) is 0 Å². The zero-order chi connectivity index (χ0) is 25.9. The average molecular weight is 575 g/mol. The number of nitrogens with two attached hydrogens (primary N) is 1. The summed E-state index contributed by atoms with van der Waals surface area (Å²) in [5.41, 5.74) is 6.04. The van der Waals surface area contributed by atoms with E-state index in [9.17, 15) is 4.79 Å². The molecule has 0 unspecified atom stereocenters. The lowest BCUT2D eigenvalue weighted by atomic mass is 10.2. The Kier molecular flexibility index (Phi) is 7.38. The molecule has 3 rings (SSSR count). The van der Waals surface area contributed by atoms with Gasteiger partial charge in [-0.3, -0.25) is 14.3 Å². The van der Waals surface area contributed by atoms with Crippen LogP contribution in [0.4, 0.5) is 5.95 Å². The fourth-order valence-electron chi connectivity index (χ4n) is 3.42. The summed E-state index contributed by atoms with van der Waals surface area (Å²) < 4.78 is 22.2. The molecule has 0 amide bonds. The van der Waals surface area contributed by atoms with Crippen molar-refractivity contribution >= 4 is 49.7 Å². The normalized spacial score (nSPS) is 22.6. The summed E-state index contributed by atoms with van der Waals surface area (Å²) in [4.78, 5) is 23.6. The van der Waals surface area contributed by atoms with E-state index in [0.29, 0.717) is 23.4 Å². The first kappa shape index (κ1) is 27.5. The number of imidazole rings is 1. The number of aromatic nitrogens is 4. The van der Waals surface area contributed by atoms with Crippen molar-refractivity contribution in [3.8, 4) is 0 Å². The Morgan fingerprint density at radius 1 is 1.12 bits per heavy atom. The Balaban J connectivity index is 1.96. The van der Waals surface area contributed by atoms with Crippen LogP contribution in [0.15, 0.2) is 9.53 Å². The molecule has 0 radical (unpaired) electrons. The predicted molar refractivity (Wildman–Crippen MR) is 144 cm³/mol. The lowest BCUT2D eigenvalue weighted by Gasteiger charge is -2.40. The first-order chi connectivity index (χ1) is 15.3. The smallest absolute Gasteiger partial charge is 0.280 e. The van der Waals surface area contributed by atoms with Crippen molar-refractivity contribution in [3.63, 3.8) is 0 Å². The first-order valence-corrected chi connectivity index (χ1v) is 18.4. The molecule has 34 heavy (non-hydrogen) atoms. The van der Waals surface area contributed by atoms with Gasteiger partial charge < -0.3 is 19.3 Å². The number of hydrogen-bond acceptors (Lipinski definition) is 7. The minimum Gasteiger partial charge on any atom is -0.414 e. The third-order valence-corrected chi connectivity index (χ3v) is 17.2. The van der Waals surface area contributed by atoms with E-state index in [-0.39, 0.29) is 39.3 Å². The Bertz CT molecular complexity index is 1100. The maximum absolute atomic E-state index is 12.4. The van der Waals surface area contributed by atoms with E-state index in [1.807, 2.05) is 0 Å². The number of hydrogen-bond donors (Lipinski definition) is 2. The van der Waals surface area contributed by atoms with E-state index in [4.69, 9.17) is 19.3 Å². The molecule has 3 atom stereocenters. The number of nitrogens with one attached hydrogen (secondary N) is 1. The maximum Gasteiger partial charge on any atom is 0.280 e. The molecule has 0 spiro atoms. The van der Waals surface area contributed by atoms with Crippen LogP contribution in [0.2, 0.25) is 36.3 Å². The Hall–Kier alpha value is -1.06. The van der Waals surface area contributed by atoms with Crippen molar-refractivity contribution in [1.29, 1.82) is 0 Å². The fourth-order valence-corrected chi connectivity index (χ4v) is 6.37. The van der Waals surface area contributed by atoms with E-state index in [0.717, 1.165) is 0 Å². The second-order valence-electron chi connectivity index (χ2n) is 12.2. The zero-order valence-electron chi connectivity index (χ0n) is 22.1. The summed E-state index contributed by atoms with van der Waals surface area (Å²) in [7, 11) is -4.06. The van der Waals surface area contributed by atoms with Gasteiger partial charge in [-0.05, 0) is 52.2 Å². The maximum atomic E-state index is 12.4. The van der Waals surface area contributed by atoms with Gasteiger partial charge in [-0.1, -0.05) is 41.5 Å². The predicted octanol–water partition coefficient (Wildman–Crippen LogP) is 5.16. The van der Waals surface area contributed by atoms with Crippen LogP contribution < -0.4 is 11.3 Å². The molecule has 9 nitrogen and oxygen atoms in total. The highest BCUT2D eigenvalue weighted by Gasteiger charge is 2.47. The zero-order valence-corrected chi connectivity index (χ0v) is 25.7. The molecule has 1 aliphatic rings. The third kappa shape index (κ3) is 5.36. The van der Waals surface area contributed by atoms with Gasteiger partial charge in [-0.2, -0.15) is 4.98 Å². The van der Waals surface area contributed by atoms with Crippen molar-refractivity contribution in [2.24, 2.45) is 0 Å². The van der Waals surface area contributed by atoms with Gasteiger partial charge in [0.05, 0.1) is 12.7 Å². The van der Waals surface area contributed by atoms with E-state index >= 15 is 0 Å². The van der Waals surface area contributed by atoms with Crippen molar-refractivity contribution < 1.29 is 13.6 Å². The largest absolute Gasteiger partial charge is 0.414 e. The SMILES string of the molecule is CC(C)(C)[Si](C)(C)OC[C@H]1O[C@@H](n2c(Br)nc3c(=O)[nH]c(N)nc32)C[C@@H]1O[Si](C)(C)C(C)(C)C. The summed E-state index contributed by atoms with van der Waals surface area (Å²) in [5.74, 6) is 0.0380. The monoisotopic (exact) mass is 573 g/mol. The molecule has 1 fully saturated rings. The minimum atomic E-state index is -2.07. The Labute approximate surface area is 212 Å². The van der Waals surface area contributed by atoms with Gasteiger partial charge in [0.25, 0.3) is 5.56 Å². The van der Waals surface area contributed by atoms with Crippen LogP contribution in [0.1, 0.15) is 54.2 Å². The summed E-state index contributed by atoms with van der Waals surface area (Å²) in [6.07, 6.45) is -0.233. The number of fused-ring (bicyclic) bond motifs is 1. The number of nitrogen functional groups attached to an aromatic ring is 1. The van der Waals surface area contributed by atoms with Crippen LogP contribution in [0, 0.1) is 0 Å². The molecule has 0 aliphatic carbocycles. The summed E-state index contributed by atoms with van der Waals surface area (Å²) in [6.45, 7) is 22.8. The second kappa shape index (κ2) is 9.11. The summed E-state index contributed by atoms with van der Waals surface area (Å²) in [5, 5.41) is 0.147. The molecule has 0 saturated carbocycles. The van der Waals surface area contributed by atoms with E-state index < -0.39 is 22.9 Å². The van der Waals surface area contributed by atoms with Crippen molar-refractivity contribution in [2.75, 3.05) is 12.3 Å². The molecule has 0 aromatic carbocycles. The number of ether oxygens (including phenoxy) is 1. The summed E-state index contributed by atoms with van der Waals surface area (Å²) >= 11 is 3.49. The first-order valence-electron chi connectivity index (χ1n) is 11.7. The van der Waals surface area contributed by atoms with Gasteiger partial charge in [-0.25, -0.2) is 4.98 Å². The molecular formula is C22H40BrN5O4Si2. The van der Waals surface area contributed by atoms with Crippen LogP contribution in [0.25, 0.3) is 11.2 Å². The van der Waals surface area contributed by atoms with Gasteiger partial charge in [0.2, 0.25) is 5.95 Å². The van der Waals surface area contributed by atoms with Gasteiger partial charge in [-0.15, -0.1) is 0 Å². The van der Waals surface area contributed by atoms with Crippen LogP contribution in [-0.2, 0) is 13.6 Å². The lowest BCUT2D eigenvalue weighted by Crippen LogP contribution is -2.48. The van der Waals surface area contributed by atoms with Crippen molar-refractivity contribution in [3.05, 3.63) is 15.1 Å². The van der Waals surface area contributed by atoms with E-state index in [2.05, 4.69) is 98.6 Å². The van der Waals surface area contributed by atoms with Crippen LogP contribution in [0.5, 0.6) is 0 Å². The molecule has 1 aliphatic heterocycles. The molecular weight excluding hydrogens is 534 g/mol. The van der Waals surface area contributed by atoms with Gasteiger partial charge in [0.1, 0.15) is 12.3 Å². The molecule has 12 heteroatoms. The average Bonchev–Trinajstić information content (AvgIpc) is 3.17. The molecule has 3 N–H and O–H groups in total.